The van der Waals surface area contributed by atoms with Gasteiger partial charge in [0.15, 0.2) is 5.78 Å². The molecular weight excluding hydrogens is 326 g/mol. The van der Waals surface area contributed by atoms with Gasteiger partial charge in [0.05, 0.1) is 0 Å². The molecule has 0 fully saturated rings. The highest BCUT2D eigenvalue weighted by Crippen LogP contribution is 2.16. The Kier molecular flexibility index (Phi) is 6.26. The molecule has 0 unspecified atom stereocenters. The number of carbonyl (C=O) groups is 1. The highest BCUT2D eigenvalue weighted by Gasteiger charge is 2.05. The van der Waals surface area contributed by atoms with Gasteiger partial charge in [0.1, 0.15) is 0 Å². The summed E-state index contributed by atoms with van der Waals surface area (Å²) < 4.78 is 0. The first-order valence-electron chi connectivity index (χ1n) is 8.62. The molecule has 0 spiro atoms. The Morgan fingerprint density at radius 2 is 1.68 bits per heavy atom. The highest BCUT2D eigenvalue weighted by atomic mass is 32.2. The van der Waals surface area contributed by atoms with Crippen molar-refractivity contribution >= 4 is 28.3 Å². The van der Waals surface area contributed by atoms with Gasteiger partial charge in [-0.15, -0.1) is 11.8 Å². The molecule has 3 rings (SSSR count). The van der Waals surface area contributed by atoms with Crippen molar-refractivity contribution < 1.29 is 4.79 Å². The topological polar surface area (TPSA) is 29.1 Å². The largest absolute Gasteiger partial charge is 0.316 e. The lowest BCUT2D eigenvalue weighted by molar-refractivity contribution is 0.0982. The van der Waals surface area contributed by atoms with Crippen LogP contribution < -0.4 is 5.32 Å². The molecule has 0 aliphatic heterocycles. The lowest BCUT2D eigenvalue weighted by Crippen LogP contribution is -2.21. The van der Waals surface area contributed by atoms with E-state index in [0.717, 1.165) is 25.1 Å². The van der Waals surface area contributed by atoms with Crippen LogP contribution >= 0.6 is 11.8 Å². The molecule has 25 heavy (non-hydrogen) atoms. The minimum atomic E-state index is 0.200. The van der Waals surface area contributed by atoms with Gasteiger partial charge in [-0.2, -0.15) is 0 Å². The van der Waals surface area contributed by atoms with Crippen LogP contribution in [0.2, 0.25) is 0 Å². The SMILES string of the molecule is CSc1ccc(C(=O)CCNCCc2ccc3ccccc3c2)cc1. The zero-order valence-electron chi connectivity index (χ0n) is 14.5. The van der Waals surface area contributed by atoms with E-state index in [1.807, 2.05) is 30.5 Å². The summed E-state index contributed by atoms with van der Waals surface area (Å²) in [6.45, 7) is 1.60. The molecule has 3 aromatic rings. The third kappa shape index (κ3) is 4.94. The van der Waals surface area contributed by atoms with Gasteiger partial charge >= 0.3 is 0 Å². The Bertz CT molecular complexity index is 842. The standard InChI is InChI=1S/C22H23NOS/c1-25-21-10-8-19(9-11-21)22(24)13-15-23-14-12-17-6-7-18-4-2-3-5-20(18)16-17/h2-11,16,23H,12-15H2,1H3. The van der Waals surface area contributed by atoms with Crippen LogP contribution in [0.1, 0.15) is 22.3 Å². The summed E-state index contributed by atoms with van der Waals surface area (Å²) in [6, 6.07) is 22.9. The summed E-state index contributed by atoms with van der Waals surface area (Å²) in [5, 5.41) is 5.94. The number of carbonyl (C=O) groups excluding carboxylic acids is 1. The van der Waals surface area contributed by atoms with Crippen molar-refractivity contribution in [3.05, 3.63) is 77.9 Å². The first-order chi connectivity index (χ1) is 12.3. The molecule has 0 saturated carbocycles. The zero-order valence-corrected chi connectivity index (χ0v) is 15.3. The van der Waals surface area contributed by atoms with Crippen molar-refractivity contribution in [3.8, 4) is 0 Å². The molecule has 3 heteroatoms. The van der Waals surface area contributed by atoms with Gasteiger partial charge in [-0.05, 0) is 47.7 Å². The molecule has 0 bridgehead atoms. The van der Waals surface area contributed by atoms with Crippen LogP contribution in [0.3, 0.4) is 0 Å². The minimum Gasteiger partial charge on any atom is -0.316 e. The van der Waals surface area contributed by atoms with E-state index >= 15 is 0 Å². The van der Waals surface area contributed by atoms with Crippen LogP contribution in [0.5, 0.6) is 0 Å². The van der Waals surface area contributed by atoms with Crippen LogP contribution in [-0.2, 0) is 6.42 Å². The Balaban J connectivity index is 1.42. The Morgan fingerprint density at radius 3 is 2.44 bits per heavy atom. The number of hydrogen-bond acceptors (Lipinski definition) is 3. The second-order valence-corrected chi connectivity index (χ2v) is 6.96. The fourth-order valence-electron chi connectivity index (χ4n) is 2.88. The highest BCUT2D eigenvalue weighted by molar-refractivity contribution is 7.98. The fourth-order valence-corrected chi connectivity index (χ4v) is 3.28. The maximum atomic E-state index is 12.2. The van der Waals surface area contributed by atoms with E-state index < -0.39 is 0 Å². The summed E-state index contributed by atoms with van der Waals surface area (Å²) in [7, 11) is 0. The molecule has 0 radical (unpaired) electrons. The summed E-state index contributed by atoms with van der Waals surface area (Å²) >= 11 is 1.69. The molecule has 128 valence electrons. The zero-order chi connectivity index (χ0) is 17.5. The molecule has 1 N–H and O–H groups in total. The molecule has 0 aliphatic rings. The summed E-state index contributed by atoms with van der Waals surface area (Å²) in [4.78, 5) is 13.4. The minimum absolute atomic E-state index is 0.200. The van der Waals surface area contributed by atoms with Crippen molar-refractivity contribution in [1.82, 2.24) is 5.32 Å². The number of benzene rings is 3. The summed E-state index contributed by atoms with van der Waals surface area (Å²) in [5.41, 5.74) is 2.12. The molecule has 0 aliphatic carbocycles. The van der Waals surface area contributed by atoms with Crippen LogP contribution in [0.15, 0.2) is 71.6 Å². The van der Waals surface area contributed by atoms with Gasteiger partial charge in [-0.1, -0.05) is 54.6 Å². The van der Waals surface area contributed by atoms with E-state index in [2.05, 4.69) is 47.8 Å². The Hall–Kier alpha value is -2.10. The maximum absolute atomic E-state index is 12.2. The number of rotatable bonds is 8. The van der Waals surface area contributed by atoms with Crippen LogP contribution in [0, 0.1) is 0 Å². The smallest absolute Gasteiger partial charge is 0.164 e. The number of Topliss-reactive ketones (excluding diaryl/α,β-unsaturated/α-hetero) is 1. The summed E-state index contributed by atoms with van der Waals surface area (Å²) in [5.74, 6) is 0.200. The molecular formula is C22H23NOS. The third-order valence-electron chi connectivity index (χ3n) is 4.35. The lowest BCUT2D eigenvalue weighted by Gasteiger charge is -2.06. The van der Waals surface area contributed by atoms with E-state index in [1.165, 1.54) is 21.2 Å². The van der Waals surface area contributed by atoms with E-state index in [9.17, 15) is 4.79 Å². The second-order valence-electron chi connectivity index (χ2n) is 6.08. The van der Waals surface area contributed by atoms with Crippen molar-refractivity contribution in [2.75, 3.05) is 19.3 Å². The number of hydrogen-bond donors (Lipinski definition) is 1. The van der Waals surface area contributed by atoms with Gasteiger partial charge in [-0.25, -0.2) is 0 Å². The summed E-state index contributed by atoms with van der Waals surface area (Å²) in [6.07, 6.45) is 3.55. The first-order valence-corrected chi connectivity index (χ1v) is 9.84. The molecule has 0 aromatic heterocycles. The molecule has 0 atom stereocenters. The van der Waals surface area contributed by atoms with Gasteiger partial charge in [0.25, 0.3) is 0 Å². The van der Waals surface area contributed by atoms with Crippen molar-refractivity contribution in [2.45, 2.75) is 17.7 Å². The molecule has 0 heterocycles. The number of thioether (sulfide) groups is 1. The number of ketones is 1. The molecule has 0 amide bonds. The van der Waals surface area contributed by atoms with Crippen molar-refractivity contribution in [3.63, 3.8) is 0 Å². The fraction of sp³-hybridized carbons (Fsp3) is 0.227. The van der Waals surface area contributed by atoms with E-state index in [4.69, 9.17) is 0 Å². The quantitative estimate of drug-likeness (QED) is 0.354. The van der Waals surface area contributed by atoms with Gasteiger partial charge in [0, 0.05) is 23.4 Å². The first kappa shape index (κ1) is 17.7. The average Bonchev–Trinajstić information content (AvgIpc) is 2.67. The van der Waals surface area contributed by atoms with Crippen LogP contribution in [0.4, 0.5) is 0 Å². The van der Waals surface area contributed by atoms with Crippen LogP contribution in [-0.4, -0.2) is 25.1 Å². The normalized spacial score (nSPS) is 10.9. The average molecular weight is 349 g/mol. The van der Waals surface area contributed by atoms with E-state index in [-0.39, 0.29) is 5.78 Å². The van der Waals surface area contributed by atoms with E-state index in [0.29, 0.717) is 6.42 Å². The van der Waals surface area contributed by atoms with Crippen molar-refractivity contribution in [1.29, 1.82) is 0 Å². The Labute approximate surface area is 153 Å². The predicted molar refractivity (Wildman–Crippen MR) is 108 cm³/mol. The van der Waals surface area contributed by atoms with Crippen molar-refractivity contribution in [2.24, 2.45) is 0 Å². The monoisotopic (exact) mass is 349 g/mol. The Morgan fingerprint density at radius 1 is 0.920 bits per heavy atom. The third-order valence-corrected chi connectivity index (χ3v) is 5.09. The van der Waals surface area contributed by atoms with Gasteiger partial charge < -0.3 is 5.32 Å². The predicted octanol–water partition coefficient (Wildman–Crippen LogP) is 4.97. The van der Waals surface area contributed by atoms with E-state index in [1.54, 1.807) is 11.8 Å². The maximum Gasteiger partial charge on any atom is 0.164 e. The number of nitrogens with one attached hydrogen (secondary N) is 1. The molecule has 3 aromatic carbocycles. The van der Waals surface area contributed by atoms with Gasteiger partial charge in [0.2, 0.25) is 0 Å². The second kappa shape index (κ2) is 8.84. The molecule has 2 nitrogen and oxygen atoms in total. The molecule has 0 saturated heterocycles. The van der Waals surface area contributed by atoms with Gasteiger partial charge in [-0.3, -0.25) is 4.79 Å². The van der Waals surface area contributed by atoms with Crippen LogP contribution in [0.25, 0.3) is 10.8 Å². The number of fused-ring (bicyclic) bond motifs is 1. The lowest BCUT2D eigenvalue weighted by atomic mass is 10.1.